The maximum atomic E-state index is 5.86. The molecule has 1 heterocycles. The van der Waals surface area contributed by atoms with Crippen LogP contribution in [0.15, 0.2) is 16.7 Å². The number of hydrogen-bond donors (Lipinski definition) is 1. The predicted molar refractivity (Wildman–Crippen MR) is 70.9 cm³/mol. The third-order valence-electron chi connectivity index (χ3n) is 2.95. The van der Waals surface area contributed by atoms with Crippen molar-refractivity contribution in [2.75, 3.05) is 18.5 Å². The third-order valence-corrected chi connectivity index (χ3v) is 3.74. The first-order valence-electron chi connectivity index (χ1n) is 5.34. The molecular formula is C11H15BrClN3. The summed E-state index contributed by atoms with van der Waals surface area (Å²) in [5.74, 6) is 1.63. The second-order valence-corrected chi connectivity index (χ2v) is 5.73. The Morgan fingerprint density at radius 1 is 1.62 bits per heavy atom. The highest BCUT2D eigenvalue weighted by Gasteiger charge is 2.27. The zero-order valence-electron chi connectivity index (χ0n) is 9.16. The lowest BCUT2D eigenvalue weighted by molar-refractivity contribution is 0.270. The van der Waals surface area contributed by atoms with Crippen molar-refractivity contribution in [3.05, 3.63) is 21.8 Å². The number of hydrogen-bond acceptors (Lipinski definition) is 3. The minimum absolute atomic E-state index is 0.403. The van der Waals surface area contributed by atoms with Gasteiger partial charge in [-0.05, 0) is 40.8 Å². The average molecular weight is 305 g/mol. The summed E-state index contributed by atoms with van der Waals surface area (Å²) in [4.78, 5) is 6.47. The number of nitrogens with zero attached hydrogens (tertiary/aromatic N) is 2. The Kier molecular flexibility index (Phi) is 3.72. The average Bonchev–Trinajstić information content (AvgIpc) is 2.15. The summed E-state index contributed by atoms with van der Waals surface area (Å²) in [6, 6.07) is 2.27. The van der Waals surface area contributed by atoms with Gasteiger partial charge in [0, 0.05) is 25.8 Å². The molecule has 2 N–H and O–H groups in total. The molecule has 0 spiro atoms. The van der Waals surface area contributed by atoms with Crippen molar-refractivity contribution in [3.8, 4) is 0 Å². The molecule has 88 valence electrons. The van der Waals surface area contributed by atoms with Gasteiger partial charge in [0.25, 0.3) is 0 Å². The summed E-state index contributed by atoms with van der Waals surface area (Å²) in [7, 11) is 2.05. The van der Waals surface area contributed by atoms with Crippen LogP contribution in [0.4, 0.5) is 5.82 Å². The Bertz CT molecular complexity index is 379. The van der Waals surface area contributed by atoms with E-state index in [2.05, 4.69) is 25.8 Å². The number of anilines is 1. The standard InChI is InChI=1S/C11H15BrClN3/c1-16(6-7-2-9(14)3-7)11-10(12)4-8(13)5-15-11/h4-5,7,9H,2-3,6,14H2,1H3. The van der Waals surface area contributed by atoms with Gasteiger partial charge < -0.3 is 10.6 Å². The van der Waals surface area contributed by atoms with Gasteiger partial charge in [-0.1, -0.05) is 11.6 Å². The molecule has 1 aromatic heterocycles. The number of aromatic nitrogens is 1. The van der Waals surface area contributed by atoms with Gasteiger partial charge in [0.05, 0.1) is 9.50 Å². The quantitative estimate of drug-likeness (QED) is 0.933. The monoisotopic (exact) mass is 303 g/mol. The van der Waals surface area contributed by atoms with Crippen molar-refractivity contribution in [3.63, 3.8) is 0 Å². The van der Waals surface area contributed by atoms with Gasteiger partial charge in [0.15, 0.2) is 0 Å². The predicted octanol–water partition coefficient (Wildman–Crippen LogP) is 2.67. The summed E-state index contributed by atoms with van der Waals surface area (Å²) in [5, 5.41) is 0.648. The molecule has 1 aromatic rings. The molecule has 3 nitrogen and oxygen atoms in total. The van der Waals surface area contributed by atoms with Crippen molar-refractivity contribution in [2.45, 2.75) is 18.9 Å². The second kappa shape index (κ2) is 4.90. The second-order valence-electron chi connectivity index (χ2n) is 4.44. The topological polar surface area (TPSA) is 42.1 Å². The van der Waals surface area contributed by atoms with Crippen LogP contribution in [0.1, 0.15) is 12.8 Å². The molecule has 2 rings (SSSR count). The zero-order valence-corrected chi connectivity index (χ0v) is 11.5. The van der Waals surface area contributed by atoms with Crippen LogP contribution in [0, 0.1) is 5.92 Å². The molecule has 1 aliphatic rings. The molecule has 0 saturated heterocycles. The lowest BCUT2D eigenvalue weighted by Gasteiger charge is -2.35. The van der Waals surface area contributed by atoms with Gasteiger partial charge in [-0.15, -0.1) is 0 Å². The first kappa shape index (κ1) is 12.1. The fourth-order valence-corrected chi connectivity index (χ4v) is 3.04. The Morgan fingerprint density at radius 3 is 2.88 bits per heavy atom. The van der Waals surface area contributed by atoms with Gasteiger partial charge in [-0.2, -0.15) is 0 Å². The van der Waals surface area contributed by atoms with Crippen LogP contribution >= 0.6 is 27.5 Å². The lowest BCUT2D eigenvalue weighted by Crippen LogP contribution is -2.42. The highest BCUT2D eigenvalue weighted by Crippen LogP contribution is 2.30. The van der Waals surface area contributed by atoms with Crippen molar-refractivity contribution >= 4 is 33.3 Å². The van der Waals surface area contributed by atoms with Crippen LogP contribution < -0.4 is 10.6 Å². The van der Waals surface area contributed by atoms with E-state index in [4.69, 9.17) is 17.3 Å². The normalized spacial score (nSPS) is 24.0. The molecule has 5 heteroatoms. The highest BCUT2D eigenvalue weighted by atomic mass is 79.9. The molecule has 0 amide bonds. The highest BCUT2D eigenvalue weighted by molar-refractivity contribution is 9.10. The number of nitrogens with two attached hydrogens (primary N) is 1. The SMILES string of the molecule is CN(CC1CC(N)C1)c1ncc(Cl)cc1Br. The molecule has 0 aliphatic heterocycles. The Morgan fingerprint density at radius 2 is 2.31 bits per heavy atom. The lowest BCUT2D eigenvalue weighted by atomic mass is 9.80. The van der Waals surface area contributed by atoms with Crippen LogP contribution in [0.5, 0.6) is 0 Å². The molecule has 16 heavy (non-hydrogen) atoms. The van der Waals surface area contributed by atoms with E-state index in [9.17, 15) is 0 Å². The molecule has 0 atom stereocenters. The fourth-order valence-electron chi connectivity index (χ4n) is 2.10. The summed E-state index contributed by atoms with van der Waals surface area (Å²) in [5.41, 5.74) is 5.77. The van der Waals surface area contributed by atoms with E-state index in [-0.39, 0.29) is 0 Å². The first-order valence-corrected chi connectivity index (χ1v) is 6.51. The summed E-state index contributed by atoms with van der Waals surface area (Å²) in [6.07, 6.45) is 3.91. The van der Waals surface area contributed by atoms with Crippen molar-refractivity contribution in [1.82, 2.24) is 4.98 Å². The van der Waals surface area contributed by atoms with Crippen molar-refractivity contribution < 1.29 is 0 Å². The maximum absolute atomic E-state index is 5.86. The molecule has 1 aliphatic carbocycles. The summed E-state index contributed by atoms with van der Waals surface area (Å²) < 4.78 is 0.936. The minimum Gasteiger partial charge on any atom is -0.358 e. The van der Waals surface area contributed by atoms with E-state index in [1.54, 1.807) is 6.20 Å². The fraction of sp³-hybridized carbons (Fsp3) is 0.545. The molecule has 0 aromatic carbocycles. The Balaban J connectivity index is 2.00. The zero-order chi connectivity index (χ0) is 11.7. The number of rotatable bonds is 3. The Labute approximate surface area is 109 Å². The summed E-state index contributed by atoms with van der Waals surface area (Å²) >= 11 is 9.33. The van der Waals surface area contributed by atoms with Crippen molar-refractivity contribution in [1.29, 1.82) is 0 Å². The van der Waals surface area contributed by atoms with Crippen LogP contribution in [-0.4, -0.2) is 24.6 Å². The van der Waals surface area contributed by atoms with Crippen LogP contribution in [0.2, 0.25) is 5.02 Å². The van der Waals surface area contributed by atoms with Gasteiger partial charge in [-0.25, -0.2) is 4.98 Å². The first-order chi connectivity index (χ1) is 7.56. The third kappa shape index (κ3) is 2.67. The van der Waals surface area contributed by atoms with E-state index >= 15 is 0 Å². The largest absolute Gasteiger partial charge is 0.358 e. The van der Waals surface area contributed by atoms with Gasteiger partial charge in [0.1, 0.15) is 5.82 Å². The molecular weight excluding hydrogens is 289 g/mol. The smallest absolute Gasteiger partial charge is 0.142 e. The van der Waals surface area contributed by atoms with Crippen molar-refractivity contribution in [2.24, 2.45) is 11.7 Å². The molecule has 1 fully saturated rings. The van der Waals surface area contributed by atoms with Crippen LogP contribution in [0.3, 0.4) is 0 Å². The van der Waals surface area contributed by atoms with Gasteiger partial charge >= 0.3 is 0 Å². The van der Waals surface area contributed by atoms with E-state index in [1.807, 2.05) is 13.1 Å². The molecule has 1 saturated carbocycles. The van der Waals surface area contributed by atoms with E-state index in [0.29, 0.717) is 17.0 Å². The molecule has 0 unspecified atom stereocenters. The van der Waals surface area contributed by atoms with Crippen LogP contribution in [0.25, 0.3) is 0 Å². The van der Waals surface area contributed by atoms with Crippen LogP contribution in [-0.2, 0) is 0 Å². The number of pyridine rings is 1. The maximum Gasteiger partial charge on any atom is 0.142 e. The van der Waals surface area contributed by atoms with E-state index in [1.165, 1.54) is 0 Å². The number of halogens is 2. The van der Waals surface area contributed by atoms with E-state index in [0.717, 1.165) is 29.7 Å². The van der Waals surface area contributed by atoms with E-state index < -0.39 is 0 Å². The van der Waals surface area contributed by atoms with Gasteiger partial charge in [0.2, 0.25) is 0 Å². The molecule has 0 radical (unpaired) electrons. The summed E-state index contributed by atoms with van der Waals surface area (Å²) in [6.45, 7) is 1.00. The minimum atomic E-state index is 0.403. The Hall–Kier alpha value is -0.320. The van der Waals surface area contributed by atoms with Gasteiger partial charge in [-0.3, -0.25) is 0 Å². The molecule has 0 bridgehead atoms.